The van der Waals surface area contributed by atoms with Gasteiger partial charge in [0.15, 0.2) is 5.11 Å². The molecule has 4 nitrogen and oxygen atoms in total. The molecule has 2 rings (SSSR count). The number of halogens is 1. The number of phenolic OH excluding ortho intramolecular Hbond substituents is 1. The number of rotatable bonds is 2. The molecule has 6 heteroatoms. The van der Waals surface area contributed by atoms with Crippen molar-refractivity contribution in [1.82, 2.24) is 10.6 Å². The summed E-state index contributed by atoms with van der Waals surface area (Å²) in [4.78, 5) is 11.4. The molecule has 0 spiro atoms. The third kappa shape index (κ3) is 2.57. The number of thiocarbonyl (C=S) groups is 1. The normalized spacial score (nSPS) is 17.1. The fourth-order valence-electron chi connectivity index (χ4n) is 1.43. The number of benzene rings is 1. The van der Waals surface area contributed by atoms with Crippen LogP contribution < -0.4 is 10.6 Å². The van der Waals surface area contributed by atoms with Crippen LogP contribution in [0.1, 0.15) is 11.1 Å². The molecular weight excluding hydrogens is 260 g/mol. The third-order valence-corrected chi connectivity index (χ3v) is 2.78. The minimum absolute atomic E-state index is 0.0723. The molecule has 1 saturated heterocycles. The average molecular weight is 269 g/mol. The Morgan fingerprint density at radius 1 is 1.41 bits per heavy atom. The number of hydrogen-bond acceptors (Lipinski definition) is 3. The van der Waals surface area contributed by atoms with Gasteiger partial charge in [0.2, 0.25) is 0 Å². The van der Waals surface area contributed by atoms with Crippen LogP contribution in [-0.4, -0.2) is 16.1 Å². The molecule has 1 aliphatic heterocycles. The Morgan fingerprint density at radius 2 is 2.18 bits per heavy atom. The average Bonchev–Trinajstić information content (AvgIpc) is 2.60. The number of carbonyl (C=O) groups excluding carboxylic acids is 1. The Bertz CT molecular complexity index is 528. The molecule has 1 heterocycles. The lowest BCUT2D eigenvalue weighted by Gasteiger charge is -2.02. The highest BCUT2D eigenvalue weighted by molar-refractivity contribution is 7.80. The van der Waals surface area contributed by atoms with E-state index in [1.807, 2.05) is 0 Å². The number of alkyl halides is 1. The molecule has 0 aromatic heterocycles. The molecule has 0 radical (unpaired) electrons. The van der Waals surface area contributed by atoms with Crippen LogP contribution in [0.5, 0.6) is 5.75 Å². The van der Waals surface area contributed by atoms with Gasteiger partial charge >= 0.3 is 0 Å². The topological polar surface area (TPSA) is 61.4 Å². The Hall–Kier alpha value is -1.59. The van der Waals surface area contributed by atoms with E-state index in [1.165, 1.54) is 6.08 Å². The summed E-state index contributed by atoms with van der Waals surface area (Å²) < 4.78 is 0. The van der Waals surface area contributed by atoms with Gasteiger partial charge in [-0.1, -0.05) is 12.1 Å². The van der Waals surface area contributed by atoms with Crippen molar-refractivity contribution in [2.75, 3.05) is 0 Å². The van der Waals surface area contributed by atoms with Crippen LogP contribution in [0.15, 0.2) is 23.9 Å². The first kappa shape index (κ1) is 11.9. The van der Waals surface area contributed by atoms with E-state index < -0.39 is 0 Å². The van der Waals surface area contributed by atoms with Gasteiger partial charge in [0, 0.05) is 11.4 Å². The molecule has 88 valence electrons. The van der Waals surface area contributed by atoms with Gasteiger partial charge in [-0.15, -0.1) is 11.6 Å². The number of amides is 1. The molecular formula is C11H9ClN2O2S. The zero-order chi connectivity index (χ0) is 12.4. The second kappa shape index (κ2) is 4.73. The van der Waals surface area contributed by atoms with Gasteiger partial charge < -0.3 is 10.4 Å². The predicted molar refractivity (Wildman–Crippen MR) is 69.5 cm³/mol. The van der Waals surface area contributed by atoms with Crippen molar-refractivity contribution in [3.63, 3.8) is 0 Å². The fraction of sp³-hybridized carbons (Fsp3) is 0.0909. The van der Waals surface area contributed by atoms with Gasteiger partial charge in [0.05, 0.1) is 0 Å². The maximum atomic E-state index is 11.4. The van der Waals surface area contributed by atoms with E-state index in [0.29, 0.717) is 17.1 Å². The number of aromatic hydroxyl groups is 1. The highest BCUT2D eigenvalue weighted by Gasteiger charge is 2.20. The van der Waals surface area contributed by atoms with Gasteiger partial charge in [-0.2, -0.15) is 0 Å². The van der Waals surface area contributed by atoms with E-state index in [1.54, 1.807) is 18.2 Å². The molecule has 17 heavy (non-hydrogen) atoms. The maximum absolute atomic E-state index is 11.4. The summed E-state index contributed by atoms with van der Waals surface area (Å²) in [6.45, 7) is 0. The van der Waals surface area contributed by atoms with E-state index >= 15 is 0 Å². The zero-order valence-corrected chi connectivity index (χ0v) is 10.2. The standard InChI is InChI=1S/C11H9ClN2O2S/c12-5-6-1-2-7(9(15)3-6)4-8-10(16)14-11(17)13-8/h1-4,15H,5H2,(H2,13,14,16,17). The lowest BCUT2D eigenvalue weighted by molar-refractivity contribution is -0.115. The highest BCUT2D eigenvalue weighted by atomic mass is 35.5. The first-order valence-electron chi connectivity index (χ1n) is 4.82. The Labute approximate surface area is 108 Å². The Morgan fingerprint density at radius 3 is 2.71 bits per heavy atom. The van der Waals surface area contributed by atoms with Crippen LogP contribution in [0.2, 0.25) is 0 Å². The highest BCUT2D eigenvalue weighted by Crippen LogP contribution is 2.22. The second-order valence-corrected chi connectivity index (χ2v) is 4.17. The van der Waals surface area contributed by atoms with Crippen LogP contribution in [-0.2, 0) is 10.7 Å². The van der Waals surface area contributed by atoms with E-state index in [-0.39, 0.29) is 16.8 Å². The van der Waals surface area contributed by atoms with E-state index in [4.69, 9.17) is 23.8 Å². The van der Waals surface area contributed by atoms with Gasteiger partial charge in [-0.3, -0.25) is 10.1 Å². The first-order valence-corrected chi connectivity index (χ1v) is 5.76. The smallest absolute Gasteiger partial charge is 0.273 e. The summed E-state index contributed by atoms with van der Waals surface area (Å²) >= 11 is 10.4. The Balaban J connectivity index is 2.33. The summed E-state index contributed by atoms with van der Waals surface area (Å²) in [6.07, 6.45) is 1.53. The summed E-state index contributed by atoms with van der Waals surface area (Å²) in [7, 11) is 0. The third-order valence-electron chi connectivity index (χ3n) is 2.27. The van der Waals surface area contributed by atoms with E-state index in [0.717, 1.165) is 5.56 Å². The Kier molecular flexibility index (Phi) is 3.31. The quantitative estimate of drug-likeness (QED) is 0.432. The second-order valence-electron chi connectivity index (χ2n) is 3.49. The SMILES string of the molecule is O=C1NC(=S)NC1=Cc1ccc(CCl)cc1O. The lowest BCUT2D eigenvalue weighted by Crippen LogP contribution is -2.21. The van der Waals surface area contributed by atoms with Crippen LogP contribution in [0.3, 0.4) is 0 Å². The van der Waals surface area contributed by atoms with Crippen LogP contribution in [0, 0.1) is 0 Å². The molecule has 3 N–H and O–H groups in total. The molecule has 1 aromatic carbocycles. The van der Waals surface area contributed by atoms with Crippen LogP contribution in [0.25, 0.3) is 6.08 Å². The minimum Gasteiger partial charge on any atom is -0.507 e. The lowest BCUT2D eigenvalue weighted by atomic mass is 10.1. The van der Waals surface area contributed by atoms with Gasteiger partial charge in [-0.25, -0.2) is 0 Å². The monoisotopic (exact) mass is 268 g/mol. The minimum atomic E-state index is -0.309. The number of nitrogens with one attached hydrogen (secondary N) is 2. The molecule has 1 aromatic rings. The molecule has 0 bridgehead atoms. The fourth-order valence-corrected chi connectivity index (χ4v) is 1.80. The molecule has 0 unspecified atom stereocenters. The summed E-state index contributed by atoms with van der Waals surface area (Å²) in [5, 5.41) is 15.1. The summed E-state index contributed by atoms with van der Waals surface area (Å²) in [6, 6.07) is 5.03. The van der Waals surface area contributed by atoms with Crippen LogP contribution in [0.4, 0.5) is 0 Å². The first-order chi connectivity index (χ1) is 8.10. The number of hydrogen-bond donors (Lipinski definition) is 3. The molecule has 0 aliphatic carbocycles. The molecule has 1 amide bonds. The maximum Gasteiger partial charge on any atom is 0.273 e. The van der Waals surface area contributed by atoms with Crippen molar-refractivity contribution >= 4 is 40.9 Å². The van der Waals surface area contributed by atoms with Crippen molar-refractivity contribution < 1.29 is 9.90 Å². The summed E-state index contributed by atoms with van der Waals surface area (Å²) in [5.74, 6) is 0.0895. The van der Waals surface area contributed by atoms with Crippen LogP contribution >= 0.6 is 23.8 Å². The van der Waals surface area contributed by atoms with Gasteiger partial charge in [0.1, 0.15) is 11.4 Å². The largest absolute Gasteiger partial charge is 0.507 e. The van der Waals surface area contributed by atoms with Crippen molar-refractivity contribution in [2.24, 2.45) is 0 Å². The van der Waals surface area contributed by atoms with E-state index in [9.17, 15) is 9.90 Å². The molecule has 0 atom stereocenters. The summed E-state index contributed by atoms with van der Waals surface area (Å²) in [5.41, 5.74) is 1.65. The number of carbonyl (C=O) groups is 1. The van der Waals surface area contributed by atoms with Gasteiger partial charge in [-0.05, 0) is 29.9 Å². The zero-order valence-electron chi connectivity index (χ0n) is 8.66. The van der Waals surface area contributed by atoms with Crippen molar-refractivity contribution in [1.29, 1.82) is 0 Å². The van der Waals surface area contributed by atoms with Gasteiger partial charge in [0.25, 0.3) is 5.91 Å². The van der Waals surface area contributed by atoms with Crippen molar-refractivity contribution in [3.8, 4) is 5.75 Å². The number of phenols is 1. The predicted octanol–water partition coefficient (Wildman–Crippen LogP) is 1.48. The molecule has 0 saturated carbocycles. The van der Waals surface area contributed by atoms with Crippen molar-refractivity contribution in [3.05, 3.63) is 35.0 Å². The van der Waals surface area contributed by atoms with Crippen molar-refractivity contribution in [2.45, 2.75) is 5.88 Å². The van der Waals surface area contributed by atoms with E-state index in [2.05, 4.69) is 10.6 Å². The molecule has 1 aliphatic rings. The molecule has 1 fully saturated rings.